The van der Waals surface area contributed by atoms with E-state index < -0.39 is 0 Å². The van der Waals surface area contributed by atoms with E-state index in [1.807, 2.05) is 30.3 Å². The maximum Gasteiger partial charge on any atom is 0.314 e. The molecule has 0 aliphatic heterocycles. The standard InChI is InChI=1S/C14H20N2O3/c1-11(17)16-9-8-15-10-13(14(18)19-2)12-6-4-3-5-7-12/h3-7,13,15H,8-10H2,1-2H3,(H,16,17). The van der Waals surface area contributed by atoms with E-state index in [1.165, 1.54) is 14.0 Å². The molecule has 0 aliphatic carbocycles. The Bertz CT molecular complexity index is 406. The fourth-order valence-corrected chi connectivity index (χ4v) is 1.74. The normalized spacial score (nSPS) is 11.7. The second-order valence-corrected chi connectivity index (χ2v) is 4.17. The van der Waals surface area contributed by atoms with Crippen LogP contribution in [0.2, 0.25) is 0 Å². The number of hydrogen-bond acceptors (Lipinski definition) is 4. The summed E-state index contributed by atoms with van der Waals surface area (Å²) in [6.07, 6.45) is 0. The molecule has 0 saturated carbocycles. The highest BCUT2D eigenvalue weighted by Gasteiger charge is 2.20. The quantitative estimate of drug-likeness (QED) is 0.561. The first kappa shape index (κ1) is 15.2. The van der Waals surface area contributed by atoms with Crippen molar-refractivity contribution in [3.05, 3.63) is 35.9 Å². The zero-order chi connectivity index (χ0) is 14.1. The average Bonchev–Trinajstić information content (AvgIpc) is 2.42. The Morgan fingerprint density at radius 3 is 2.47 bits per heavy atom. The Morgan fingerprint density at radius 2 is 1.89 bits per heavy atom. The minimum atomic E-state index is -0.330. The van der Waals surface area contributed by atoms with Crippen LogP contribution >= 0.6 is 0 Å². The highest BCUT2D eigenvalue weighted by atomic mass is 16.5. The van der Waals surface area contributed by atoms with Gasteiger partial charge in [0.1, 0.15) is 0 Å². The molecule has 0 radical (unpaired) electrons. The van der Waals surface area contributed by atoms with E-state index in [-0.39, 0.29) is 17.8 Å². The topological polar surface area (TPSA) is 67.4 Å². The van der Waals surface area contributed by atoms with Gasteiger partial charge in [0, 0.05) is 26.6 Å². The number of amides is 1. The number of methoxy groups -OCH3 is 1. The second-order valence-electron chi connectivity index (χ2n) is 4.17. The zero-order valence-electron chi connectivity index (χ0n) is 11.3. The number of esters is 1. The molecule has 1 amide bonds. The number of carbonyl (C=O) groups is 2. The summed E-state index contributed by atoms with van der Waals surface area (Å²) in [5.74, 6) is -0.656. The average molecular weight is 264 g/mol. The summed E-state index contributed by atoms with van der Waals surface area (Å²) in [7, 11) is 1.38. The Labute approximate surface area is 113 Å². The molecule has 19 heavy (non-hydrogen) atoms. The molecule has 0 aromatic heterocycles. The molecule has 1 atom stereocenters. The fourth-order valence-electron chi connectivity index (χ4n) is 1.74. The fraction of sp³-hybridized carbons (Fsp3) is 0.429. The predicted octanol–water partition coefficient (Wildman–Crippen LogP) is 0.669. The first-order valence-electron chi connectivity index (χ1n) is 6.23. The van der Waals surface area contributed by atoms with Gasteiger partial charge in [0.2, 0.25) is 5.91 Å². The summed E-state index contributed by atoms with van der Waals surface area (Å²) >= 11 is 0. The Morgan fingerprint density at radius 1 is 1.21 bits per heavy atom. The van der Waals surface area contributed by atoms with Crippen molar-refractivity contribution >= 4 is 11.9 Å². The van der Waals surface area contributed by atoms with Crippen LogP contribution in [0.1, 0.15) is 18.4 Å². The Kier molecular flexibility index (Phi) is 6.60. The molecule has 1 aromatic carbocycles. The maximum atomic E-state index is 11.8. The lowest BCUT2D eigenvalue weighted by atomic mass is 9.99. The lowest BCUT2D eigenvalue weighted by Gasteiger charge is -2.15. The number of ether oxygens (including phenoxy) is 1. The van der Waals surface area contributed by atoms with Gasteiger partial charge in [-0.1, -0.05) is 30.3 Å². The van der Waals surface area contributed by atoms with E-state index in [0.717, 1.165) is 5.56 Å². The van der Waals surface area contributed by atoms with E-state index in [1.54, 1.807) is 0 Å². The molecule has 104 valence electrons. The molecule has 0 bridgehead atoms. The summed E-state index contributed by atoms with van der Waals surface area (Å²) in [6, 6.07) is 9.49. The predicted molar refractivity (Wildman–Crippen MR) is 72.8 cm³/mol. The van der Waals surface area contributed by atoms with Gasteiger partial charge in [0.15, 0.2) is 0 Å². The molecule has 1 unspecified atom stereocenters. The summed E-state index contributed by atoms with van der Waals surface area (Å²) < 4.78 is 4.81. The van der Waals surface area contributed by atoms with Gasteiger partial charge in [-0.3, -0.25) is 9.59 Å². The van der Waals surface area contributed by atoms with Gasteiger partial charge in [-0.15, -0.1) is 0 Å². The molecule has 0 saturated heterocycles. The highest BCUT2D eigenvalue weighted by molar-refractivity contribution is 5.78. The van der Waals surface area contributed by atoms with Gasteiger partial charge in [0.05, 0.1) is 13.0 Å². The van der Waals surface area contributed by atoms with Crippen LogP contribution in [0.4, 0.5) is 0 Å². The largest absolute Gasteiger partial charge is 0.469 e. The van der Waals surface area contributed by atoms with Gasteiger partial charge < -0.3 is 15.4 Å². The van der Waals surface area contributed by atoms with Crippen LogP contribution in [0.15, 0.2) is 30.3 Å². The third-order valence-electron chi connectivity index (χ3n) is 2.71. The highest BCUT2D eigenvalue weighted by Crippen LogP contribution is 2.15. The van der Waals surface area contributed by atoms with Crippen LogP contribution in [-0.2, 0) is 14.3 Å². The molecule has 5 heteroatoms. The molecular weight excluding hydrogens is 244 g/mol. The summed E-state index contributed by atoms with van der Waals surface area (Å²) in [5.41, 5.74) is 0.918. The smallest absolute Gasteiger partial charge is 0.314 e. The van der Waals surface area contributed by atoms with Gasteiger partial charge >= 0.3 is 5.97 Å². The van der Waals surface area contributed by atoms with E-state index in [9.17, 15) is 9.59 Å². The summed E-state index contributed by atoms with van der Waals surface area (Å²) in [4.78, 5) is 22.5. The zero-order valence-corrected chi connectivity index (χ0v) is 11.3. The first-order valence-corrected chi connectivity index (χ1v) is 6.23. The van der Waals surface area contributed by atoms with Crippen molar-refractivity contribution in [2.75, 3.05) is 26.7 Å². The third-order valence-corrected chi connectivity index (χ3v) is 2.71. The van der Waals surface area contributed by atoms with Crippen molar-refractivity contribution in [3.63, 3.8) is 0 Å². The monoisotopic (exact) mass is 264 g/mol. The molecule has 0 spiro atoms. The lowest BCUT2D eigenvalue weighted by Crippen LogP contribution is -2.34. The molecule has 1 rings (SSSR count). The molecular formula is C14H20N2O3. The van der Waals surface area contributed by atoms with Crippen LogP contribution in [-0.4, -0.2) is 38.6 Å². The van der Waals surface area contributed by atoms with E-state index in [4.69, 9.17) is 4.74 Å². The summed E-state index contributed by atoms with van der Waals surface area (Å²) in [6.45, 7) is 3.11. The SMILES string of the molecule is COC(=O)C(CNCCNC(C)=O)c1ccccc1. The van der Waals surface area contributed by atoms with Crippen molar-refractivity contribution in [2.45, 2.75) is 12.8 Å². The number of carbonyl (C=O) groups excluding carboxylic acids is 2. The van der Waals surface area contributed by atoms with Crippen molar-refractivity contribution < 1.29 is 14.3 Å². The van der Waals surface area contributed by atoms with Crippen LogP contribution in [0, 0.1) is 0 Å². The summed E-state index contributed by atoms with van der Waals surface area (Å²) in [5, 5.41) is 5.82. The molecule has 0 fully saturated rings. The van der Waals surface area contributed by atoms with Crippen LogP contribution in [0.3, 0.4) is 0 Å². The second kappa shape index (κ2) is 8.26. The Balaban J connectivity index is 2.48. The number of benzene rings is 1. The van der Waals surface area contributed by atoms with Gasteiger partial charge in [-0.05, 0) is 5.56 Å². The van der Waals surface area contributed by atoms with E-state index in [0.29, 0.717) is 19.6 Å². The van der Waals surface area contributed by atoms with Crippen molar-refractivity contribution in [3.8, 4) is 0 Å². The molecule has 0 heterocycles. The molecule has 1 aromatic rings. The molecule has 0 aliphatic rings. The Hall–Kier alpha value is -1.88. The number of rotatable bonds is 7. The van der Waals surface area contributed by atoms with Crippen molar-refractivity contribution in [1.82, 2.24) is 10.6 Å². The molecule has 5 nitrogen and oxygen atoms in total. The minimum absolute atomic E-state index is 0.0608. The van der Waals surface area contributed by atoms with E-state index in [2.05, 4.69) is 10.6 Å². The first-order chi connectivity index (χ1) is 9.15. The number of nitrogens with one attached hydrogen (secondary N) is 2. The van der Waals surface area contributed by atoms with Crippen LogP contribution in [0.25, 0.3) is 0 Å². The van der Waals surface area contributed by atoms with E-state index >= 15 is 0 Å². The van der Waals surface area contributed by atoms with Gasteiger partial charge in [-0.2, -0.15) is 0 Å². The van der Waals surface area contributed by atoms with Crippen molar-refractivity contribution in [1.29, 1.82) is 0 Å². The van der Waals surface area contributed by atoms with Crippen LogP contribution in [0.5, 0.6) is 0 Å². The van der Waals surface area contributed by atoms with Gasteiger partial charge in [-0.25, -0.2) is 0 Å². The molecule has 2 N–H and O–H groups in total. The third kappa shape index (κ3) is 5.52. The lowest BCUT2D eigenvalue weighted by molar-refractivity contribution is -0.142. The van der Waals surface area contributed by atoms with Gasteiger partial charge in [0.25, 0.3) is 0 Å². The van der Waals surface area contributed by atoms with Crippen molar-refractivity contribution in [2.24, 2.45) is 0 Å². The maximum absolute atomic E-state index is 11.8. The minimum Gasteiger partial charge on any atom is -0.469 e. The number of hydrogen-bond donors (Lipinski definition) is 2. The van der Waals surface area contributed by atoms with Crippen LogP contribution < -0.4 is 10.6 Å².